The minimum Gasteiger partial charge on any atom is -0.370 e. The summed E-state index contributed by atoms with van der Waals surface area (Å²) in [6.07, 6.45) is 3.07. The highest BCUT2D eigenvalue weighted by molar-refractivity contribution is 5.39. The summed E-state index contributed by atoms with van der Waals surface area (Å²) in [6, 6.07) is 1.90. The van der Waals surface area contributed by atoms with Crippen molar-refractivity contribution < 1.29 is 0 Å². The van der Waals surface area contributed by atoms with Crippen LogP contribution in [-0.4, -0.2) is 23.6 Å². The van der Waals surface area contributed by atoms with Crippen molar-refractivity contribution in [3.8, 4) is 0 Å². The summed E-state index contributed by atoms with van der Waals surface area (Å²) in [5.74, 6) is 2.35. The van der Waals surface area contributed by atoms with Gasteiger partial charge in [-0.05, 0) is 23.8 Å². The molecule has 1 fully saturated rings. The second-order valence-corrected chi connectivity index (χ2v) is 4.79. The van der Waals surface area contributed by atoms with Crippen LogP contribution in [0.3, 0.4) is 0 Å². The summed E-state index contributed by atoms with van der Waals surface area (Å²) in [5.41, 5.74) is 0.520. The van der Waals surface area contributed by atoms with E-state index in [0.717, 1.165) is 18.3 Å². The number of hydrogen-bond donors (Lipinski definition) is 2. The van der Waals surface area contributed by atoms with Crippen molar-refractivity contribution in [2.24, 2.45) is 11.3 Å². The molecule has 15 heavy (non-hydrogen) atoms. The maximum absolute atomic E-state index is 4.31. The Morgan fingerprint density at radius 3 is 2.87 bits per heavy atom. The Bertz CT molecular complexity index is 348. The lowest BCUT2D eigenvalue weighted by Gasteiger charge is -2.07. The maximum atomic E-state index is 4.31. The van der Waals surface area contributed by atoms with Crippen molar-refractivity contribution in [3.05, 3.63) is 12.3 Å². The third-order valence-electron chi connectivity index (χ3n) is 3.13. The van der Waals surface area contributed by atoms with Crippen molar-refractivity contribution in [1.29, 1.82) is 0 Å². The Labute approximate surface area is 90.5 Å². The first-order chi connectivity index (χ1) is 7.12. The van der Waals surface area contributed by atoms with Crippen LogP contribution in [0.5, 0.6) is 0 Å². The van der Waals surface area contributed by atoms with Gasteiger partial charge in [0.15, 0.2) is 0 Å². The quantitative estimate of drug-likeness (QED) is 0.791. The van der Waals surface area contributed by atoms with Gasteiger partial charge in [-0.2, -0.15) is 4.98 Å². The molecule has 1 heterocycles. The summed E-state index contributed by atoms with van der Waals surface area (Å²) in [5, 5.41) is 6.27. The zero-order valence-corrected chi connectivity index (χ0v) is 9.54. The van der Waals surface area contributed by atoms with Gasteiger partial charge in [0, 0.05) is 19.8 Å². The fraction of sp³-hybridized carbons (Fsp3) is 0.636. The van der Waals surface area contributed by atoms with Crippen LogP contribution in [0.1, 0.15) is 20.3 Å². The van der Waals surface area contributed by atoms with Crippen molar-refractivity contribution in [2.75, 3.05) is 24.2 Å². The van der Waals surface area contributed by atoms with Crippen molar-refractivity contribution >= 4 is 11.8 Å². The molecule has 1 atom stereocenters. The van der Waals surface area contributed by atoms with Gasteiger partial charge in [-0.15, -0.1) is 0 Å². The lowest BCUT2D eigenvalue weighted by molar-refractivity contribution is 0.573. The molecule has 4 heteroatoms. The molecular weight excluding hydrogens is 188 g/mol. The van der Waals surface area contributed by atoms with Crippen LogP contribution < -0.4 is 10.6 Å². The van der Waals surface area contributed by atoms with E-state index in [1.807, 2.05) is 13.1 Å². The third kappa shape index (κ3) is 2.37. The Balaban J connectivity index is 1.88. The number of aromatic nitrogens is 2. The van der Waals surface area contributed by atoms with E-state index in [9.17, 15) is 0 Å². The molecule has 2 rings (SSSR count). The smallest absolute Gasteiger partial charge is 0.224 e. The van der Waals surface area contributed by atoms with Gasteiger partial charge in [0.1, 0.15) is 5.82 Å². The minimum atomic E-state index is 0.520. The van der Waals surface area contributed by atoms with Gasteiger partial charge in [-0.1, -0.05) is 13.8 Å². The van der Waals surface area contributed by atoms with Gasteiger partial charge in [-0.25, -0.2) is 4.98 Å². The molecule has 0 spiro atoms. The molecule has 1 aromatic heterocycles. The summed E-state index contributed by atoms with van der Waals surface area (Å²) in [6.45, 7) is 5.61. The Morgan fingerprint density at radius 1 is 1.53 bits per heavy atom. The van der Waals surface area contributed by atoms with E-state index in [2.05, 4.69) is 34.4 Å². The zero-order chi connectivity index (χ0) is 10.9. The standard InChI is InChI=1S/C11H18N4/c1-11(2)6-8(11)7-14-9-4-5-13-10(12-3)15-9/h4-5,8H,6-7H2,1-3H3,(H2,12,13,14,15). The highest BCUT2D eigenvalue weighted by atomic mass is 15.1. The Kier molecular flexibility index (Phi) is 2.50. The maximum Gasteiger partial charge on any atom is 0.224 e. The fourth-order valence-corrected chi connectivity index (χ4v) is 1.73. The van der Waals surface area contributed by atoms with E-state index in [4.69, 9.17) is 0 Å². The highest BCUT2D eigenvalue weighted by Crippen LogP contribution is 2.51. The molecule has 0 saturated heterocycles. The molecule has 0 radical (unpaired) electrons. The second-order valence-electron chi connectivity index (χ2n) is 4.79. The summed E-state index contributed by atoms with van der Waals surface area (Å²) in [4.78, 5) is 8.37. The number of anilines is 2. The molecule has 1 aliphatic carbocycles. The first kappa shape index (κ1) is 10.2. The molecule has 1 unspecified atom stereocenters. The third-order valence-corrected chi connectivity index (χ3v) is 3.13. The van der Waals surface area contributed by atoms with E-state index in [0.29, 0.717) is 11.4 Å². The normalized spacial score (nSPS) is 22.2. The molecule has 0 aliphatic heterocycles. The van der Waals surface area contributed by atoms with E-state index >= 15 is 0 Å². The molecule has 2 N–H and O–H groups in total. The topological polar surface area (TPSA) is 49.8 Å². The largest absolute Gasteiger partial charge is 0.370 e. The molecular formula is C11H18N4. The molecule has 0 aromatic carbocycles. The lowest BCUT2D eigenvalue weighted by atomic mass is 10.1. The number of nitrogens with zero attached hydrogens (tertiary/aromatic N) is 2. The fourth-order valence-electron chi connectivity index (χ4n) is 1.73. The first-order valence-corrected chi connectivity index (χ1v) is 5.36. The van der Waals surface area contributed by atoms with E-state index in [1.165, 1.54) is 6.42 Å². The average molecular weight is 206 g/mol. The van der Waals surface area contributed by atoms with Gasteiger partial charge in [-0.3, -0.25) is 0 Å². The van der Waals surface area contributed by atoms with E-state index < -0.39 is 0 Å². The van der Waals surface area contributed by atoms with Crippen LogP contribution in [-0.2, 0) is 0 Å². The zero-order valence-electron chi connectivity index (χ0n) is 9.54. The van der Waals surface area contributed by atoms with E-state index in [1.54, 1.807) is 6.20 Å². The average Bonchev–Trinajstić information content (AvgIpc) is 2.84. The minimum absolute atomic E-state index is 0.520. The van der Waals surface area contributed by atoms with Crippen LogP contribution >= 0.6 is 0 Å². The van der Waals surface area contributed by atoms with Crippen molar-refractivity contribution in [2.45, 2.75) is 20.3 Å². The van der Waals surface area contributed by atoms with Gasteiger partial charge in [0.05, 0.1) is 0 Å². The summed E-state index contributed by atoms with van der Waals surface area (Å²) < 4.78 is 0. The molecule has 1 aliphatic rings. The highest BCUT2D eigenvalue weighted by Gasteiger charge is 2.44. The molecule has 0 bridgehead atoms. The lowest BCUT2D eigenvalue weighted by Crippen LogP contribution is -2.09. The molecule has 0 amide bonds. The SMILES string of the molecule is CNc1nccc(NCC2CC2(C)C)n1. The summed E-state index contributed by atoms with van der Waals surface area (Å²) in [7, 11) is 1.82. The second kappa shape index (κ2) is 3.68. The molecule has 4 nitrogen and oxygen atoms in total. The molecule has 82 valence electrons. The predicted molar refractivity (Wildman–Crippen MR) is 62.0 cm³/mol. The van der Waals surface area contributed by atoms with E-state index in [-0.39, 0.29) is 0 Å². The molecule has 1 saturated carbocycles. The van der Waals surface area contributed by atoms with Crippen LogP contribution in [0.4, 0.5) is 11.8 Å². The van der Waals surface area contributed by atoms with Gasteiger partial charge < -0.3 is 10.6 Å². The Hall–Kier alpha value is -1.32. The predicted octanol–water partition coefficient (Wildman–Crippen LogP) is 1.98. The monoisotopic (exact) mass is 206 g/mol. The van der Waals surface area contributed by atoms with Crippen LogP contribution in [0.15, 0.2) is 12.3 Å². The number of rotatable bonds is 4. The van der Waals surface area contributed by atoms with Gasteiger partial charge in [0.25, 0.3) is 0 Å². The van der Waals surface area contributed by atoms with Gasteiger partial charge >= 0.3 is 0 Å². The van der Waals surface area contributed by atoms with Crippen LogP contribution in [0.2, 0.25) is 0 Å². The summed E-state index contributed by atoms with van der Waals surface area (Å²) >= 11 is 0. The Morgan fingerprint density at radius 2 is 2.27 bits per heavy atom. The van der Waals surface area contributed by atoms with Gasteiger partial charge in [0.2, 0.25) is 5.95 Å². The van der Waals surface area contributed by atoms with Crippen LogP contribution in [0.25, 0.3) is 0 Å². The van der Waals surface area contributed by atoms with Crippen LogP contribution in [0, 0.1) is 11.3 Å². The number of hydrogen-bond acceptors (Lipinski definition) is 4. The van der Waals surface area contributed by atoms with Crippen molar-refractivity contribution in [3.63, 3.8) is 0 Å². The van der Waals surface area contributed by atoms with Crippen molar-refractivity contribution in [1.82, 2.24) is 9.97 Å². The molecule has 1 aromatic rings. The number of nitrogens with one attached hydrogen (secondary N) is 2. The first-order valence-electron chi connectivity index (χ1n) is 5.36.